The van der Waals surface area contributed by atoms with Crippen molar-refractivity contribution in [1.82, 2.24) is 4.57 Å². The fourth-order valence-corrected chi connectivity index (χ4v) is 9.84. The van der Waals surface area contributed by atoms with Gasteiger partial charge in [-0.3, -0.25) is 0 Å². The zero-order valence-electron chi connectivity index (χ0n) is 31.6. The van der Waals surface area contributed by atoms with Crippen LogP contribution >= 0.6 is 0 Å². The maximum Gasteiger partial charge on any atom is 0.137 e. The Hall–Kier alpha value is -7.62. The number of hydrogen-bond acceptors (Lipinski definition) is 2. The van der Waals surface area contributed by atoms with Crippen LogP contribution in [0.15, 0.2) is 223 Å². The van der Waals surface area contributed by atoms with E-state index >= 15 is 0 Å². The number of hydrogen-bond donors (Lipinski definition) is 0. The zero-order chi connectivity index (χ0) is 38.2. The summed E-state index contributed by atoms with van der Waals surface area (Å²) in [4.78, 5) is 2.40. The lowest BCUT2D eigenvalue weighted by Crippen LogP contribution is -2.28. The Labute approximate surface area is 336 Å². The van der Waals surface area contributed by atoms with Gasteiger partial charge >= 0.3 is 0 Å². The predicted molar refractivity (Wildman–Crippen MR) is 240 cm³/mol. The van der Waals surface area contributed by atoms with Crippen LogP contribution in [0.1, 0.15) is 22.3 Å². The van der Waals surface area contributed by atoms with E-state index in [1.807, 2.05) is 12.1 Å². The van der Waals surface area contributed by atoms with E-state index < -0.39 is 5.41 Å². The third kappa shape index (κ3) is 4.68. The number of furan rings is 1. The monoisotopic (exact) mass is 740 g/mol. The molecule has 12 rings (SSSR count). The lowest BCUT2D eigenvalue weighted by Gasteiger charge is -2.35. The molecule has 0 aliphatic heterocycles. The van der Waals surface area contributed by atoms with Gasteiger partial charge in [0, 0.05) is 50.4 Å². The average molecular weight is 741 g/mol. The van der Waals surface area contributed by atoms with E-state index in [1.54, 1.807) is 0 Å². The standard InChI is InChI=1S/C55H36N2O/c1-3-16-37(17-4-1)55(49-26-11-7-22-43(49)44-23-8-12-27-50(44)55)38-18-15-21-40(34-38)56(42-31-33-48-47-25-10-14-29-53(47)58-54(48)36-42)41-30-32-46-45-24-9-13-28-51(45)57(52(46)35-41)39-19-5-2-6-20-39/h1-36H. The van der Waals surface area contributed by atoms with Crippen LogP contribution in [0.4, 0.5) is 17.1 Å². The van der Waals surface area contributed by atoms with Crippen molar-refractivity contribution in [1.29, 1.82) is 0 Å². The first kappa shape index (κ1) is 32.6. The highest BCUT2D eigenvalue weighted by Gasteiger charge is 2.46. The molecule has 9 aromatic carbocycles. The van der Waals surface area contributed by atoms with Gasteiger partial charge in [-0.15, -0.1) is 0 Å². The molecule has 0 fully saturated rings. The van der Waals surface area contributed by atoms with Gasteiger partial charge in [-0.2, -0.15) is 0 Å². The Morgan fingerprint density at radius 3 is 1.69 bits per heavy atom. The first-order valence-corrected chi connectivity index (χ1v) is 19.9. The van der Waals surface area contributed by atoms with Crippen LogP contribution in [0, 0.1) is 0 Å². The van der Waals surface area contributed by atoms with Gasteiger partial charge < -0.3 is 13.9 Å². The molecule has 0 atom stereocenters. The number of fused-ring (bicyclic) bond motifs is 9. The van der Waals surface area contributed by atoms with Gasteiger partial charge in [0.1, 0.15) is 11.2 Å². The molecule has 0 N–H and O–H groups in total. The molecule has 0 amide bonds. The first-order valence-electron chi connectivity index (χ1n) is 19.9. The van der Waals surface area contributed by atoms with Crippen molar-refractivity contribution in [3.8, 4) is 16.8 Å². The van der Waals surface area contributed by atoms with Crippen LogP contribution in [0.5, 0.6) is 0 Å². The van der Waals surface area contributed by atoms with E-state index in [0.29, 0.717) is 0 Å². The van der Waals surface area contributed by atoms with Crippen molar-refractivity contribution in [3.05, 3.63) is 241 Å². The fraction of sp³-hybridized carbons (Fsp3) is 0.0182. The van der Waals surface area contributed by atoms with Crippen LogP contribution in [-0.4, -0.2) is 4.57 Å². The van der Waals surface area contributed by atoms with Crippen molar-refractivity contribution in [2.75, 3.05) is 4.90 Å². The first-order chi connectivity index (χ1) is 28.8. The van der Waals surface area contributed by atoms with Gasteiger partial charge in [0.25, 0.3) is 0 Å². The number of anilines is 3. The van der Waals surface area contributed by atoms with Crippen molar-refractivity contribution >= 4 is 60.8 Å². The summed E-state index contributed by atoms with van der Waals surface area (Å²) in [5.74, 6) is 0. The van der Waals surface area contributed by atoms with Gasteiger partial charge in [-0.05, 0) is 94.0 Å². The summed E-state index contributed by atoms with van der Waals surface area (Å²) in [6.45, 7) is 0. The largest absolute Gasteiger partial charge is 0.456 e. The smallest absolute Gasteiger partial charge is 0.137 e. The maximum atomic E-state index is 6.53. The van der Waals surface area contributed by atoms with Gasteiger partial charge in [0.05, 0.1) is 16.4 Å². The minimum absolute atomic E-state index is 0.525. The summed E-state index contributed by atoms with van der Waals surface area (Å²) in [7, 11) is 0. The summed E-state index contributed by atoms with van der Waals surface area (Å²) in [6.07, 6.45) is 0. The number of benzene rings is 9. The van der Waals surface area contributed by atoms with Crippen molar-refractivity contribution in [2.45, 2.75) is 5.41 Å². The third-order valence-corrected chi connectivity index (χ3v) is 12.2. The molecule has 3 nitrogen and oxygen atoms in total. The Bertz CT molecular complexity index is 3310. The zero-order valence-corrected chi connectivity index (χ0v) is 31.6. The van der Waals surface area contributed by atoms with Crippen LogP contribution < -0.4 is 4.90 Å². The Balaban J connectivity index is 1.14. The van der Waals surface area contributed by atoms with Crippen LogP contribution in [0.2, 0.25) is 0 Å². The molecule has 2 aromatic heterocycles. The van der Waals surface area contributed by atoms with Gasteiger partial charge in [0.2, 0.25) is 0 Å². The number of aromatic nitrogens is 1. The highest BCUT2D eigenvalue weighted by atomic mass is 16.3. The Morgan fingerprint density at radius 1 is 0.362 bits per heavy atom. The molecule has 2 heterocycles. The summed E-state index contributed by atoms with van der Waals surface area (Å²) < 4.78 is 8.92. The average Bonchev–Trinajstić information content (AvgIpc) is 3.93. The molecular formula is C55H36N2O. The molecule has 0 saturated carbocycles. The highest BCUT2D eigenvalue weighted by Crippen LogP contribution is 2.56. The molecule has 0 spiro atoms. The summed E-state index contributed by atoms with van der Waals surface area (Å²) in [6, 6.07) is 79.3. The number of nitrogens with zero attached hydrogens (tertiary/aromatic N) is 2. The molecule has 0 unspecified atom stereocenters. The van der Waals surface area contributed by atoms with E-state index in [9.17, 15) is 0 Å². The molecule has 58 heavy (non-hydrogen) atoms. The maximum absolute atomic E-state index is 6.53. The summed E-state index contributed by atoms with van der Waals surface area (Å²) in [5.41, 5.74) is 15.4. The molecule has 0 bridgehead atoms. The van der Waals surface area contributed by atoms with Crippen molar-refractivity contribution in [3.63, 3.8) is 0 Å². The molecular weight excluding hydrogens is 705 g/mol. The van der Waals surface area contributed by atoms with E-state index in [0.717, 1.165) is 50.2 Å². The van der Waals surface area contributed by atoms with E-state index in [1.165, 1.54) is 49.7 Å². The topological polar surface area (TPSA) is 21.3 Å². The SMILES string of the molecule is c1ccc(-n2c3ccccc3c3ccc(N(c4cccc(C5(c6ccccc6)c6ccccc6-c6ccccc65)c4)c4ccc5c(c4)oc4ccccc45)cc32)cc1. The van der Waals surface area contributed by atoms with Gasteiger partial charge in [-0.25, -0.2) is 0 Å². The highest BCUT2D eigenvalue weighted by molar-refractivity contribution is 6.11. The Morgan fingerprint density at radius 2 is 0.914 bits per heavy atom. The van der Waals surface area contributed by atoms with E-state index in [2.05, 4.69) is 216 Å². The number of rotatable bonds is 6. The van der Waals surface area contributed by atoms with Gasteiger partial charge in [0.15, 0.2) is 0 Å². The molecule has 0 radical (unpaired) electrons. The summed E-state index contributed by atoms with van der Waals surface area (Å²) >= 11 is 0. The molecule has 3 heteroatoms. The second kappa shape index (κ2) is 12.7. The lowest BCUT2D eigenvalue weighted by atomic mass is 9.67. The number of para-hydroxylation sites is 3. The van der Waals surface area contributed by atoms with Crippen LogP contribution in [0.3, 0.4) is 0 Å². The summed E-state index contributed by atoms with van der Waals surface area (Å²) in [5, 5.41) is 4.67. The molecule has 1 aliphatic carbocycles. The third-order valence-electron chi connectivity index (χ3n) is 12.2. The lowest BCUT2D eigenvalue weighted by molar-refractivity contribution is 0.669. The van der Waals surface area contributed by atoms with E-state index in [4.69, 9.17) is 4.42 Å². The van der Waals surface area contributed by atoms with E-state index in [-0.39, 0.29) is 0 Å². The van der Waals surface area contributed by atoms with Gasteiger partial charge in [-0.1, -0.05) is 152 Å². The minimum Gasteiger partial charge on any atom is -0.456 e. The van der Waals surface area contributed by atoms with Crippen LogP contribution in [-0.2, 0) is 5.41 Å². The second-order valence-electron chi connectivity index (χ2n) is 15.3. The Kier molecular flexibility index (Phi) is 7.14. The molecule has 1 aliphatic rings. The van der Waals surface area contributed by atoms with Crippen molar-refractivity contribution in [2.24, 2.45) is 0 Å². The normalized spacial score (nSPS) is 13.0. The minimum atomic E-state index is -0.525. The van der Waals surface area contributed by atoms with Crippen LogP contribution in [0.25, 0.3) is 60.6 Å². The van der Waals surface area contributed by atoms with Crippen molar-refractivity contribution < 1.29 is 4.42 Å². The molecule has 272 valence electrons. The molecule has 11 aromatic rings. The fourth-order valence-electron chi connectivity index (χ4n) is 9.84. The quantitative estimate of drug-likeness (QED) is 0.169. The molecule has 0 saturated heterocycles. The second-order valence-corrected chi connectivity index (χ2v) is 15.3. The predicted octanol–water partition coefficient (Wildman–Crippen LogP) is 14.5.